The van der Waals surface area contributed by atoms with Gasteiger partial charge in [-0.3, -0.25) is 4.31 Å². The van der Waals surface area contributed by atoms with E-state index in [1.807, 2.05) is 0 Å². The van der Waals surface area contributed by atoms with Crippen LogP contribution < -0.4 is 4.31 Å². The van der Waals surface area contributed by atoms with Gasteiger partial charge in [0.2, 0.25) is 0 Å². The maximum atomic E-state index is 13.2. The molecule has 11 heteroatoms. The summed E-state index contributed by atoms with van der Waals surface area (Å²) in [6.45, 7) is 0. The summed E-state index contributed by atoms with van der Waals surface area (Å²) in [6, 6.07) is 7.58. The zero-order valence-electron chi connectivity index (χ0n) is 14.0. The summed E-state index contributed by atoms with van der Waals surface area (Å²) in [5.74, 6) is -0.573. The highest BCUT2D eigenvalue weighted by Gasteiger charge is 2.37. The molecule has 1 aliphatic rings. The first-order valence-electron chi connectivity index (χ1n) is 7.78. The average Bonchev–Trinajstić information content (AvgIpc) is 2.94. The largest absolute Gasteiger partial charge is 0.416 e. The van der Waals surface area contributed by atoms with Crippen molar-refractivity contribution in [3.8, 4) is 0 Å². The molecule has 0 spiro atoms. The van der Waals surface area contributed by atoms with Crippen LogP contribution in [0.2, 0.25) is 5.02 Å². The molecule has 2 aromatic carbocycles. The topological polar surface area (TPSA) is 71.5 Å². The molecule has 28 heavy (non-hydrogen) atoms. The number of nitrogens with zero attached hydrogens (tertiary/aromatic N) is 1. The summed E-state index contributed by atoms with van der Waals surface area (Å²) >= 11 is 5.77. The number of halogens is 4. The Labute approximate surface area is 165 Å². The van der Waals surface area contributed by atoms with Crippen LogP contribution in [-0.2, 0) is 26.0 Å². The van der Waals surface area contributed by atoms with Crippen LogP contribution in [-0.4, -0.2) is 28.6 Å². The average molecular weight is 452 g/mol. The highest BCUT2D eigenvalue weighted by molar-refractivity contribution is 7.95. The second-order valence-electron chi connectivity index (χ2n) is 6.03. The fourth-order valence-electron chi connectivity index (χ4n) is 2.75. The van der Waals surface area contributed by atoms with Gasteiger partial charge in [0.25, 0.3) is 10.0 Å². The molecule has 0 N–H and O–H groups in total. The lowest BCUT2D eigenvalue weighted by Crippen LogP contribution is -2.41. The second kappa shape index (κ2) is 7.09. The first kappa shape index (κ1) is 20.7. The zero-order valence-corrected chi connectivity index (χ0v) is 16.4. The van der Waals surface area contributed by atoms with Crippen molar-refractivity contribution in [2.75, 3.05) is 10.1 Å². The van der Waals surface area contributed by atoms with Crippen molar-refractivity contribution in [3.05, 3.63) is 70.6 Å². The lowest BCUT2D eigenvalue weighted by Gasteiger charge is -2.29. The van der Waals surface area contributed by atoms with Crippen molar-refractivity contribution in [1.29, 1.82) is 0 Å². The molecule has 0 amide bonds. The van der Waals surface area contributed by atoms with E-state index in [-0.39, 0.29) is 15.6 Å². The molecule has 5 nitrogen and oxygen atoms in total. The summed E-state index contributed by atoms with van der Waals surface area (Å²) in [4.78, 5) is -0.230. The minimum absolute atomic E-state index is 0.230. The molecule has 0 aliphatic carbocycles. The summed E-state index contributed by atoms with van der Waals surface area (Å²) in [5, 5.41) is 1.13. The molecule has 2 aromatic rings. The fraction of sp³-hybridized carbons (Fsp3) is 0.176. The van der Waals surface area contributed by atoms with Crippen molar-refractivity contribution in [3.63, 3.8) is 0 Å². The van der Waals surface area contributed by atoms with Crippen molar-refractivity contribution < 1.29 is 30.0 Å². The molecular weight excluding hydrogens is 439 g/mol. The van der Waals surface area contributed by atoms with Crippen LogP contribution in [0.1, 0.15) is 5.56 Å². The summed E-state index contributed by atoms with van der Waals surface area (Å²) in [6.07, 6.45) is -3.55. The number of alkyl halides is 3. The van der Waals surface area contributed by atoms with Gasteiger partial charge in [0.1, 0.15) is 0 Å². The van der Waals surface area contributed by atoms with Gasteiger partial charge in [0.15, 0.2) is 9.84 Å². The Kier molecular flexibility index (Phi) is 5.24. The van der Waals surface area contributed by atoms with E-state index in [1.165, 1.54) is 30.3 Å². The molecule has 0 aromatic heterocycles. The second-order valence-corrected chi connectivity index (χ2v) is 10.2. The Hall–Kier alpha value is -2.04. The molecule has 0 bridgehead atoms. The predicted octanol–water partition coefficient (Wildman–Crippen LogP) is 3.86. The van der Waals surface area contributed by atoms with E-state index >= 15 is 0 Å². The van der Waals surface area contributed by atoms with Gasteiger partial charge in [-0.25, -0.2) is 16.8 Å². The quantitative estimate of drug-likeness (QED) is 0.707. The van der Waals surface area contributed by atoms with E-state index in [0.717, 1.165) is 23.6 Å². The SMILES string of the molecule is O=S1(=O)C=CC(N(c2cccc(C(F)(F)F)c2)S(=O)(=O)c2ccc(Cl)cc2)C1. The van der Waals surface area contributed by atoms with Crippen LogP contribution in [0.15, 0.2) is 64.9 Å². The number of sulfonamides is 1. The predicted molar refractivity (Wildman–Crippen MR) is 99.3 cm³/mol. The molecule has 0 saturated carbocycles. The Bertz CT molecular complexity index is 1130. The minimum atomic E-state index is -4.69. The third-order valence-electron chi connectivity index (χ3n) is 4.01. The molecule has 1 unspecified atom stereocenters. The maximum absolute atomic E-state index is 13.2. The van der Waals surface area contributed by atoms with E-state index in [4.69, 9.17) is 11.6 Å². The van der Waals surface area contributed by atoms with Crippen molar-refractivity contribution in [1.82, 2.24) is 0 Å². The molecular formula is C17H13ClF3NO4S2. The van der Waals surface area contributed by atoms with Gasteiger partial charge < -0.3 is 0 Å². The molecule has 0 radical (unpaired) electrons. The number of benzene rings is 2. The van der Waals surface area contributed by atoms with Gasteiger partial charge in [0, 0.05) is 10.4 Å². The molecule has 0 fully saturated rings. The standard InChI is InChI=1S/C17H13ClF3NO4S2/c18-13-4-6-16(7-5-13)28(25,26)22(15-8-9-27(23,24)11-15)14-3-1-2-12(10-14)17(19,20)21/h1-10,15H,11H2. The van der Waals surface area contributed by atoms with Gasteiger partial charge in [-0.1, -0.05) is 17.7 Å². The number of hydrogen-bond acceptors (Lipinski definition) is 4. The number of anilines is 1. The van der Waals surface area contributed by atoms with E-state index < -0.39 is 43.4 Å². The number of hydrogen-bond donors (Lipinski definition) is 0. The van der Waals surface area contributed by atoms with Gasteiger partial charge in [0.05, 0.1) is 27.9 Å². The van der Waals surface area contributed by atoms with Crippen molar-refractivity contribution in [2.45, 2.75) is 17.1 Å². The summed E-state index contributed by atoms with van der Waals surface area (Å²) in [5.41, 5.74) is -1.34. The Morgan fingerprint density at radius 1 is 1.07 bits per heavy atom. The monoisotopic (exact) mass is 451 g/mol. The third kappa shape index (κ3) is 4.18. The van der Waals surface area contributed by atoms with Crippen LogP contribution in [0, 0.1) is 0 Å². The molecule has 1 atom stereocenters. The third-order valence-corrected chi connectivity index (χ3v) is 7.51. The zero-order chi connectivity index (χ0) is 20.7. The van der Waals surface area contributed by atoms with Crippen LogP contribution in [0.3, 0.4) is 0 Å². The minimum Gasteiger partial charge on any atom is -0.258 e. The first-order chi connectivity index (χ1) is 12.9. The highest BCUT2D eigenvalue weighted by Crippen LogP contribution is 2.35. The lowest BCUT2D eigenvalue weighted by molar-refractivity contribution is -0.137. The van der Waals surface area contributed by atoms with Gasteiger partial charge >= 0.3 is 6.18 Å². The summed E-state index contributed by atoms with van der Waals surface area (Å²) in [7, 11) is -8.04. The van der Waals surface area contributed by atoms with Crippen LogP contribution in [0.4, 0.5) is 18.9 Å². The number of sulfone groups is 1. The molecule has 0 saturated heterocycles. The molecule has 1 aliphatic heterocycles. The van der Waals surface area contributed by atoms with Gasteiger partial charge in [-0.15, -0.1) is 0 Å². The van der Waals surface area contributed by atoms with E-state index in [0.29, 0.717) is 10.4 Å². The Morgan fingerprint density at radius 2 is 1.71 bits per heavy atom. The number of rotatable bonds is 4. The van der Waals surface area contributed by atoms with Crippen molar-refractivity contribution >= 4 is 37.1 Å². The van der Waals surface area contributed by atoms with E-state index in [1.54, 1.807) is 0 Å². The van der Waals surface area contributed by atoms with Crippen LogP contribution in [0.25, 0.3) is 0 Å². The van der Waals surface area contributed by atoms with Crippen molar-refractivity contribution in [2.24, 2.45) is 0 Å². The highest BCUT2D eigenvalue weighted by atomic mass is 35.5. The summed E-state index contributed by atoms with van der Waals surface area (Å²) < 4.78 is 90.0. The van der Waals surface area contributed by atoms with Crippen LogP contribution in [0.5, 0.6) is 0 Å². The van der Waals surface area contributed by atoms with E-state index in [9.17, 15) is 30.0 Å². The molecule has 1 heterocycles. The molecule has 150 valence electrons. The molecule has 3 rings (SSSR count). The van der Waals surface area contributed by atoms with Crippen LogP contribution >= 0.6 is 11.6 Å². The normalized spacial score (nSPS) is 18.9. The Morgan fingerprint density at radius 3 is 2.25 bits per heavy atom. The maximum Gasteiger partial charge on any atom is 0.416 e. The smallest absolute Gasteiger partial charge is 0.258 e. The Balaban J connectivity index is 2.17. The first-order valence-corrected chi connectivity index (χ1v) is 11.3. The lowest BCUT2D eigenvalue weighted by atomic mass is 10.2. The van der Waals surface area contributed by atoms with Gasteiger partial charge in [-0.05, 0) is 48.5 Å². The van der Waals surface area contributed by atoms with Gasteiger partial charge in [-0.2, -0.15) is 13.2 Å². The fourth-order valence-corrected chi connectivity index (χ4v) is 5.84. The van der Waals surface area contributed by atoms with E-state index in [2.05, 4.69) is 0 Å².